The van der Waals surface area contributed by atoms with Gasteiger partial charge in [-0.05, 0) is 24.1 Å². The molecule has 110 valence electrons. The average molecular weight is 358 g/mol. The first kappa shape index (κ1) is 15.4. The van der Waals surface area contributed by atoms with E-state index < -0.39 is 28.0 Å². The van der Waals surface area contributed by atoms with Crippen LogP contribution in [-0.4, -0.2) is 4.92 Å². The number of halogens is 3. The van der Waals surface area contributed by atoms with E-state index in [4.69, 9.17) is 4.74 Å². The molecule has 0 atom stereocenters. The van der Waals surface area contributed by atoms with Crippen LogP contribution in [0, 0.1) is 28.7 Å². The Hall–Kier alpha value is -2.02. The van der Waals surface area contributed by atoms with Crippen molar-refractivity contribution in [3.8, 4) is 11.5 Å². The lowest BCUT2D eigenvalue weighted by molar-refractivity contribution is -0.387. The maximum absolute atomic E-state index is 13.7. The van der Waals surface area contributed by atoms with Gasteiger partial charge in [-0.25, -0.2) is 4.39 Å². The summed E-state index contributed by atoms with van der Waals surface area (Å²) in [6.07, 6.45) is 0. The largest absolute Gasteiger partial charge is 0.454 e. The summed E-state index contributed by atoms with van der Waals surface area (Å²) < 4.78 is 32.6. The molecule has 0 bridgehead atoms. The molecule has 0 amide bonds. The number of aryl methyl sites for hydroxylation is 1. The minimum Gasteiger partial charge on any atom is -0.454 e. The van der Waals surface area contributed by atoms with Crippen LogP contribution in [-0.2, 0) is 5.33 Å². The Balaban J connectivity index is 2.36. The molecule has 0 spiro atoms. The summed E-state index contributed by atoms with van der Waals surface area (Å²) in [5.74, 6) is -2.18. The summed E-state index contributed by atoms with van der Waals surface area (Å²) in [5, 5.41) is 11.2. The van der Waals surface area contributed by atoms with Gasteiger partial charge in [0.25, 0.3) is 0 Å². The van der Waals surface area contributed by atoms with Crippen LogP contribution in [0.15, 0.2) is 30.3 Å². The minimum atomic E-state index is -1.15. The minimum absolute atomic E-state index is 0.354. The molecule has 2 aromatic rings. The van der Waals surface area contributed by atoms with Crippen molar-refractivity contribution < 1.29 is 18.4 Å². The van der Waals surface area contributed by atoms with Crippen LogP contribution in [0.1, 0.15) is 11.1 Å². The van der Waals surface area contributed by atoms with Crippen LogP contribution in [0.3, 0.4) is 0 Å². The Morgan fingerprint density at radius 2 is 1.90 bits per heavy atom. The molecule has 0 saturated carbocycles. The van der Waals surface area contributed by atoms with Gasteiger partial charge >= 0.3 is 5.69 Å². The van der Waals surface area contributed by atoms with Gasteiger partial charge < -0.3 is 4.74 Å². The van der Waals surface area contributed by atoms with E-state index in [1.807, 2.05) is 6.07 Å². The van der Waals surface area contributed by atoms with Gasteiger partial charge in [0, 0.05) is 11.4 Å². The van der Waals surface area contributed by atoms with Gasteiger partial charge in [-0.3, -0.25) is 10.1 Å². The summed E-state index contributed by atoms with van der Waals surface area (Å²) in [4.78, 5) is 9.53. The smallest absolute Gasteiger partial charge is 0.307 e. The van der Waals surface area contributed by atoms with Gasteiger partial charge in [-0.1, -0.05) is 28.1 Å². The van der Waals surface area contributed by atoms with Crippen molar-refractivity contribution in [2.45, 2.75) is 12.3 Å². The normalized spacial score (nSPS) is 10.5. The molecule has 0 aromatic heterocycles. The zero-order chi connectivity index (χ0) is 15.6. The quantitative estimate of drug-likeness (QED) is 0.445. The third kappa shape index (κ3) is 3.36. The van der Waals surface area contributed by atoms with Crippen LogP contribution in [0.5, 0.6) is 11.5 Å². The Morgan fingerprint density at radius 3 is 2.48 bits per heavy atom. The molecule has 0 heterocycles. The molecule has 0 unspecified atom stereocenters. The molecule has 0 aliphatic heterocycles. The number of hydrogen-bond acceptors (Lipinski definition) is 3. The SMILES string of the molecule is Cc1cc(CBr)ccc1Oc1cc(F)c([N+](=O)[O-])cc1F. The van der Waals surface area contributed by atoms with Crippen LogP contribution >= 0.6 is 15.9 Å². The standard InChI is InChI=1S/C14H10BrF2NO3/c1-8-4-9(7-15)2-3-13(8)21-14-6-10(16)12(18(19)20)5-11(14)17/h2-6H,7H2,1H3. The topological polar surface area (TPSA) is 52.4 Å². The molecule has 2 rings (SSSR count). The van der Waals surface area contributed by atoms with E-state index in [1.165, 1.54) is 0 Å². The molecule has 0 N–H and O–H groups in total. The van der Waals surface area contributed by atoms with E-state index in [2.05, 4.69) is 15.9 Å². The number of rotatable bonds is 4. The van der Waals surface area contributed by atoms with Gasteiger partial charge in [0.05, 0.1) is 11.0 Å². The summed E-state index contributed by atoms with van der Waals surface area (Å²) in [6, 6.07) is 6.42. The highest BCUT2D eigenvalue weighted by molar-refractivity contribution is 9.08. The molecule has 21 heavy (non-hydrogen) atoms. The second-order valence-corrected chi connectivity index (χ2v) is 4.89. The van der Waals surface area contributed by atoms with E-state index >= 15 is 0 Å². The third-order valence-electron chi connectivity index (χ3n) is 2.81. The first-order valence-electron chi connectivity index (χ1n) is 5.89. The van der Waals surface area contributed by atoms with E-state index in [1.54, 1.807) is 19.1 Å². The van der Waals surface area contributed by atoms with Gasteiger partial charge in [-0.2, -0.15) is 4.39 Å². The van der Waals surface area contributed by atoms with E-state index in [0.717, 1.165) is 11.1 Å². The monoisotopic (exact) mass is 357 g/mol. The third-order valence-corrected chi connectivity index (χ3v) is 3.46. The van der Waals surface area contributed by atoms with Crippen molar-refractivity contribution in [3.63, 3.8) is 0 Å². The number of hydrogen-bond donors (Lipinski definition) is 0. The molecular weight excluding hydrogens is 348 g/mol. The second kappa shape index (κ2) is 6.17. The predicted molar refractivity (Wildman–Crippen MR) is 76.9 cm³/mol. The number of alkyl halides is 1. The molecule has 7 heteroatoms. The number of nitro groups is 1. The Morgan fingerprint density at radius 1 is 1.19 bits per heavy atom. The first-order valence-corrected chi connectivity index (χ1v) is 7.01. The Bertz CT molecular complexity index is 707. The lowest BCUT2D eigenvalue weighted by Gasteiger charge is -2.10. The molecular formula is C14H10BrF2NO3. The number of benzene rings is 2. The summed E-state index contributed by atoms with van der Waals surface area (Å²) in [6.45, 7) is 1.77. The van der Waals surface area contributed by atoms with Crippen molar-refractivity contribution in [1.29, 1.82) is 0 Å². The van der Waals surface area contributed by atoms with Gasteiger partial charge in [0.1, 0.15) is 5.75 Å². The Kier molecular flexibility index (Phi) is 4.52. The maximum Gasteiger partial charge on any atom is 0.307 e. The van der Waals surface area contributed by atoms with Crippen molar-refractivity contribution >= 4 is 21.6 Å². The summed E-state index contributed by atoms with van der Waals surface area (Å²) >= 11 is 3.31. The molecule has 0 saturated heterocycles. The second-order valence-electron chi connectivity index (χ2n) is 4.33. The highest BCUT2D eigenvalue weighted by Crippen LogP contribution is 2.32. The zero-order valence-corrected chi connectivity index (χ0v) is 12.5. The lowest BCUT2D eigenvalue weighted by atomic mass is 10.1. The fourth-order valence-electron chi connectivity index (χ4n) is 1.76. The number of ether oxygens (including phenoxy) is 1. The molecule has 0 aliphatic carbocycles. The Labute approximate surface area is 127 Å². The molecule has 0 aliphatic rings. The molecule has 4 nitrogen and oxygen atoms in total. The highest BCUT2D eigenvalue weighted by Gasteiger charge is 2.20. The van der Waals surface area contributed by atoms with Crippen molar-refractivity contribution in [1.82, 2.24) is 0 Å². The average Bonchev–Trinajstić information content (AvgIpc) is 2.44. The lowest BCUT2D eigenvalue weighted by Crippen LogP contribution is -1.97. The van der Waals surface area contributed by atoms with E-state index in [9.17, 15) is 18.9 Å². The number of nitrogens with zero attached hydrogens (tertiary/aromatic N) is 1. The maximum atomic E-state index is 13.7. The van der Waals surface area contributed by atoms with Crippen LogP contribution < -0.4 is 4.74 Å². The fraction of sp³-hybridized carbons (Fsp3) is 0.143. The van der Waals surface area contributed by atoms with Crippen molar-refractivity contribution in [2.24, 2.45) is 0 Å². The van der Waals surface area contributed by atoms with E-state index in [0.29, 0.717) is 23.2 Å². The fourth-order valence-corrected chi connectivity index (χ4v) is 2.11. The van der Waals surface area contributed by atoms with Gasteiger partial charge in [0.2, 0.25) is 5.82 Å². The molecule has 2 aromatic carbocycles. The van der Waals surface area contributed by atoms with Crippen molar-refractivity contribution in [3.05, 3.63) is 63.2 Å². The summed E-state index contributed by atoms with van der Waals surface area (Å²) in [7, 11) is 0. The number of nitro benzene ring substituents is 1. The molecule has 0 radical (unpaired) electrons. The first-order chi connectivity index (χ1) is 9.92. The van der Waals surface area contributed by atoms with Gasteiger partial charge in [0.15, 0.2) is 11.6 Å². The van der Waals surface area contributed by atoms with Gasteiger partial charge in [-0.15, -0.1) is 0 Å². The highest BCUT2D eigenvalue weighted by atomic mass is 79.9. The molecule has 0 fully saturated rings. The predicted octanol–water partition coefficient (Wildman–Crippen LogP) is 4.87. The van der Waals surface area contributed by atoms with Crippen LogP contribution in [0.25, 0.3) is 0 Å². The van der Waals surface area contributed by atoms with Crippen LogP contribution in [0.4, 0.5) is 14.5 Å². The van der Waals surface area contributed by atoms with Crippen LogP contribution in [0.2, 0.25) is 0 Å². The zero-order valence-electron chi connectivity index (χ0n) is 10.9. The summed E-state index contributed by atoms with van der Waals surface area (Å²) in [5.41, 5.74) is 0.825. The van der Waals surface area contributed by atoms with Crippen molar-refractivity contribution in [2.75, 3.05) is 0 Å². The van der Waals surface area contributed by atoms with E-state index in [-0.39, 0.29) is 0 Å².